The molecule has 1 aromatic rings. The number of carbonyl (C=O) groups excluding carboxylic acids is 1. The van der Waals surface area contributed by atoms with E-state index in [1.54, 1.807) is 4.90 Å². The third kappa shape index (κ3) is 4.23. The third-order valence-corrected chi connectivity index (χ3v) is 7.20. The minimum absolute atomic E-state index is 0.0850. The summed E-state index contributed by atoms with van der Waals surface area (Å²) in [6, 6.07) is 2.58. The largest absolute Gasteiger partial charge is 0.340 e. The Bertz CT molecular complexity index is 756. The number of piperazine rings is 1. The first-order valence-corrected chi connectivity index (χ1v) is 10.5. The molecule has 1 saturated heterocycles. The van der Waals surface area contributed by atoms with Gasteiger partial charge in [0.25, 0.3) is 0 Å². The van der Waals surface area contributed by atoms with E-state index in [1.807, 2.05) is 0 Å². The first-order chi connectivity index (χ1) is 12.4. The van der Waals surface area contributed by atoms with Crippen molar-refractivity contribution >= 4 is 15.9 Å². The molecule has 0 aromatic heterocycles. The maximum atomic E-state index is 13.4. The van der Waals surface area contributed by atoms with Gasteiger partial charge in [0.1, 0.15) is 0 Å². The number of halogens is 2. The zero-order valence-corrected chi connectivity index (χ0v) is 15.5. The van der Waals surface area contributed by atoms with Gasteiger partial charge in [-0.25, -0.2) is 17.2 Å². The van der Waals surface area contributed by atoms with E-state index >= 15 is 0 Å². The second kappa shape index (κ2) is 8.00. The molecule has 1 aliphatic carbocycles. The zero-order valence-electron chi connectivity index (χ0n) is 14.7. The van der Waals surface area contributed by atoms with Crippen LogP contribution in [0.2, 0.25) is 0 Å². The lowest BCUT2D eigenvalue weighted by Gasteiger charge is -2.35. The summed E-state index contributed by atoms with van der Waals surface area (Å²) in [4.78, 5) is 13.9. The molecule has 26 heavy (non-hydrogen) atoms. The highest BCUT2D eigenvalue weighted by molar-refractivity contribution is 7.89. The molecule has 2 fully saturated rings. The molecule has 1 aliphatic heterocycles. The summed E-state index contributed by atoms with van der Waals surface area (Å²) in [5.74, 6) is -1.74. The monoisotopic (exact) mass is 386 g/mol. The van der Waals surface area contributed by atoms with Crippen molar-refractivity contribution in [3.05, 3.63) is 29.8 Å². The van der Waals surface area contributed by atoms with Gasteiger partial charge >= 0.3 is 0 Å². The lowest BCUT2D eigenvalue weighted by Crippen LogP contribution is -2.50. The smallest absolute Gasteiger partial charge is 0.243 e. The van der Waals surface area contributed by atoms with Gasteiger partial charge < -0.3 is 4.90 Å². The van der Waals surface area contributed by atoms with E-state index in [0.29, 0.717) is 31.5 Å². The number of hydrogen-bond acceptors (Lipinski definition) is 3. The summed E-state index contributed by atoms with van der Waals surface area (Å²) >= 11 is 0. The molecule has 0 radical (unpaired) electrons. The van der Waals surface area contributed by atoms with Crippen LogP contribution in [-0.4, -0.2) is 49.7 Å². The molecule has 0 spiro atoms. The van der Waals surface area contributed by atoms with Crippen LogP contribution in [0.5, 0.6) is 0 Å². The average Bonchev–Trinajstić information content (AvgIpc) is 2.65. The lowest BCUT2D eigenvalue weighted by atomic mass is 9.86. The quantitative estimate of drug-likeness (QED) is 0.800. The van der Waals surface area contributed by atoms with Crippen LogP contribution in [0.4, 0.5) is 8.78 Å². The summed E-state index contributed by atoms with van der Waals surface area (Å²) in [5.41, 5.74) is 0. The number of rotatable bonds is 4. The van der Waals surface area contributed by atoms with Crippen LogP contribution >= 0.6 is 0 Å². The Balaban J connectivity index is 1.58. The summed E-state index contributed by atoms with van der Waals surface area (Å²) in [6.07, 6.45) is 6.32. The fourth-order valence-electron chi connectivity index (χ4n) is 3.73. The Morgan fingerprint density at radius 1 is 1.00 bits per heavy atom. The first-order valence-electron chi connectivity index (χ1n) is 9.11. The van der Waals surface area contributed by atoms with Crippen LogP contribution in [0.1, 0.15) is 38.5 Å². The van der Waals surface area contributed by atoms with Gasteiger partial charge in [0.05, 0.1) is 4.90 Å². The lowest BCUT2D eigenvalue weighted by molar-refractivity contribution is -0.133. The van der Waals surface area contributed by atoms with E-state index in [1.165, 1.54) is 23.6 Å². The maximum absolute atomic E-state index is 13.4. The van der Waals surface area contributed by atoms with Crippen molar-refractivity contribution in [1.82, 2.24) is 9.21 Å². The number of benzene rings is 1. The van der Waals surface area contributed by atoms with Crippen molar-refractivity contribution in [1.29, 1.82) is 0 Å². The summed E-state index contributed by atoms with van der Waals surface area (Å²) in [5, 5.41) is 0. The summed E-state index contributed by atoms with van der Waals surface area (Å²) in [7, 11) is -3.89. The molecule has 0 N–H and O–H groups in total. The van der Waals surface area contributed by atoms with Crippen LogP contribution in [0.25, 0.3) is 0 Å². The summed E-state index contributed by atoms with van der Waals surface area (Å²) < 4.78 is 52.8. The number of sulfonamides is 1. The number of amides is 1. The van der Waals surface area contributed by atoms with Crippen molar-refractivity contribution in [2.24, 2.45) is 5.92 Å². The number of carbonyl (C=O) groups is 1. The second-order valence-corrected chi connectivity index (χ2v) is 9.01. The maximum Gasteiger partial charge on any atom is 0.243 e. The molecule has 0 unspecified atom stereocenters. The fourth-order valence-corrected chi connectivity index (χ4v) is 5.17. The zero-order chi connectivity index (χ0) is 18.7. The van der Waals surface area contributed by atoms with Crippen LogP contribution in [-0.2, 0) is 14.8 Å². The van der Waals surface area contributed by atoms with Gasteiger partial charge in [-0.1, -0.05) is 19.3 Å². The number of hydrogen-bond donors (Lipinski definition) is 0. The molecule has 1 heterocycles. The van der Waals surface area contributed by atoms with Gasteiger partial charge in [0.15, 0.2) is 11.6 Å². The molecule has 5 nitrogen and oxygen atoms in total. The van der Waals surface area contributed by atoms with E-state index < -0.39 is 21.7 Å². The predicted molar refractivity (Wildman–Crippen MR) is 92.9 cm³/mol. The highest BCUT2D eigenvalue weighted by atomic mass is 32.2. The third-order valence-electron chi connectivity index (χ3n) is 5.31. The Kier molecular flexibility index (Phi) is 5.92. The van der Waals surface area contributed by atoms with E-state index in [0.717, 1.165) is 25.0 Å². The highest BCUT2D eigenvalue weighted by Crippen LogP contribution is 2.27. The van der Waals surface area contributed by atoms with Crippen LogP contribution in [0, 0.1) is 17.6 Å². The van der Waals surface area contributed by atoms with E-state index in [2.05, 4.69) is 0 Å². The van der Waals surface area contributed by atoms with Gasteiger partial charge in [-0.3, -0.25) is 4.79 Å². The van der Waals surface area contributed by atoms with Crippen LogP contribution < -0.4 is 0 Å². The summed E-state index contributed by atoms with van der Waals surface area (Å²) in [6.45, 7) is 0.985. The number of nitrogens with zero attached hydrogens (tertiary/aromatic N) is 2. The van der Waals surface area contributed by atoms with Gasteiger partial charge in [-0.05, 0) is 37.0 Å². The molecule has 2 aliphatic rings. The van der Waals surface area contributed by atoms with Crippen LogP contribution in [0.3, 0.4) is 0 Å². The minimum atomic E-state index is -3.89. The van der Waals surface area contributed by atoms with Gasteiger partial charge in [-0.15, -0.1) is 0 Å². The second-order valence-electron chi connectivity index (χ2n) is 7.07. The molecular weight excluding hydrogens is 362 g/mol. The highest BCUT2D eigenvalue weighted by Gasteiger charge is 2.31. The van der Waals surface area contributed by atoms with Crippen LogP contribution in [0.15, 0.2) is 23.1 Å². The average molecular weight is 386 g/mol. The van der Waals surface area contributed by atoms with Crippen molar-refractivity contribution in [3.8, 4) is 0 Å². The Morgan fingerprint density at radius 3 is 2.27 bits per heavy atom. The standard InChI is InChI=1S/C18H24F2N2O3S/c19-16-7-6-15(13-17(16)20)26(24,25)22-10-8-21(9-11-22)18(23)12-14-4-2-1-3-5-14/h6-7,13-14H,1-5,8-12H2. The van der Waals surface area contributed by atoms with Gasteiger partial charge in [-0.2, -0.15) is 4.31 Å². The molecule has 144 valence electrons. The van der Waals surface area contributed by atoms with Crippen molar-refractivity contribution < 1.29 is 22.0 Å². The predicted octanol–water partition coefficient (Wildman–Crippen LogP) is 2.77. The normalized spacial score (nSPS) is 20.3. The Labute approximate surface area is 153 Å². The van der Waals surface area contributed by atoms with E-state index in [4.69, 9.17) is 0 Å². The van der Waals surface area contributed by atoms with Crippen molar-refractivity contribution in [2.45, 2.75) is 43.4 Å². The fraction of sp³-hybridized carbons (Fsp3) is 0.611. The molecule has 0 atom stereocenters. The molecule has 1 amide bonds. The van der Waals surface area contributed by atoms with Crippen molar-refractivity contribution in [2.75, 3.05) is 26.2 Å². The topological polar surface area (TPSA) is 57.7 Å². The molecular formula is C18H24F2N2O3S. The van der Waals surface area contributed by atoms with E-state index in [9.17, 15) is 22.0 Å². The van der Waals surface area contributed by atoms with E-state index in [-0.39, 0.29) is 23.9 Å². The molecule has 3 rings (SSSR count). The van der Waals surface area contributed by atoms with Crippen molar-refractivity contribution in [3.63, 3.8) is 0 Å². The van der Waals surface area contributed by atoms with Gasteiger partial charge in [0.2, 0.25) is 15.9 Å². The molecule has 1 aromatic carbocycles. The SMILES string of the molecule is O=C(CC1CCCCC1)N1CCN(S(=O)(=O)c2ccc(F)c(F)c2)CC1. The Morgan fingerprint density at radius 2 is 1.65 bits per heavy atom. The molecule has 1 saturated carbocycles. The minimum Gasteiger partial charge on any atom is -0.340 e. The Hall–Kier alpha value is -1.54. The first kappa shape index (κ1) is 19.2. The van der Waals surface area contributed by atoms with Gasteiger partial charge in [0, 0.05) is 32.6 Å². The molecule has 0 bridgehead atoms. The molecule has 8 heteroatoms.